The molecule has 116 valence electrons. The summed E-state index contributed by atoms with van der Waals surface area (Å²) in [6.07, 6.45) is 5.92. The second-order valence-corrected chi connectivity index (χ2v) is 6.44. The first-order valence-corrected chi connectivity index (χ1v) is 7.59. The molecular formula is C15H24N4O2. The summed E-state index contributed by atoms with van der Waals surface area (Å²) in [5.74, 6) is 0.632. The molecule has 6 nitrogen and oxygen atoms in total. The number of piperidine rings is 1. The van der Waals surface area contributed by atoms with E-state index >= 15 is 0 Å². The van der Waals surface area contributed by atoms with E-state index in [1.54, 1.807) is 19.0 Å². The molecule has 6 heteroatoms. The second kappa shape index (κ2) is 5.77. The maximum Gasteiger partial charge on any atom is 0.251 e. The van der Waals surface area contributed by atoms with Crippen molar-refractivity contribution in [2.24, 2.45) is 13.0 Å². The van der Waals surface area contributed by atoms with Gasteiger partial charge in [0.1, 0.15) is 6.10 Å². The van der Waals surface area contributed by atoms with E-state index in [1.807, 2.05) is 17.9 Å². The predicted octanol–water partition coefficient (Wildman–Crippen LogP) is 0.488. The summed E-state index contributed by atoms with van der Waals surface area (Å²) < 4.78 is 7.84. The number of carbonyl (C=O) groups excluding carboxylic acids is 1. The number of rotatable bonds is 3. The normalized spacial score (nSPS) is 29.4. The van der Waals surface area contributed by atoms with E-state index in [-0.39, 0.29) is 18.1 Å². The number of ether oxygens (including phenoxy) is 1. The lowest BCUT2D eigenvalue weighted by Crippen LogP contribution is -2.42. The Bertz CT molecular complexity index is 514. The van der Waals surface area contributed by atoms with Crippen molar-refractivity contribution in [3.05, 3.63) is 18.0 Å². The third-order valence-electron chi connectivity index (χ3n) is 4.52. The van der Waals surface area contributed by atoms with Crippen LogP contribution < -0.4 is 0 Å². The number of likely N-dealkylation sites (tertiary alicyclic amines) is 1. The van der Waals surface area contributed by atoms with Gasteiger partial charge in [-0.2, -0.15) is 5.10 Å². The summed E-state index contributed by atoms with van der Waals surface area (Å²) in [6.45, 7) is 2.89. The minimum absolute atomic E-state index is 0.100. The summed E-state index contributed by atoms with van der Waals surface area (Å²) >= 11 is 0. The molecule has 0 unspecified atom stereocenters. The predicted molar refractivity (Wildman–Crippen MR) is 78.6 cm³/mol. The highest BCUT2D eigenvalue weighted by atomic mass is 16.5. The first-order chi connectivity index (χ1) is 10.0. The van der Waals surface area contributed by atoms with Crippen molar-refractivity contribution in [3.8, 4) is 0 Å². The van der Waals surface area contributed by atoms with E-state index in [2.05, 4.69) is 16.2 Å². The van der Waals surface area contributed by atoms with E-state index in [0.717, 1.165) is 32.5 Å². The van der Waals surface area contributed by atoms with E-state index in [1.165, 1.54) is 5.56 Å². The Balaban J connectivity index is 1.57. The Morgan fingerprint density at radius 2 is 2.33 bits per heavy atom. The van der Waals surface area contributed by atoms with E-state index < -0.39 is 0 Å². The molecule has 2 aliphatic heterocycles. The van der Waals surface area contributed by atoms with Crippen LogP contribution in [-0.4, -0.2) is 64.9 Å². The fourth-order valence-corrected chi connectivity index (χ4v) is 3.40. The van der Waals surface area contributed by atoms with Crippen molar-refractivity contribution in [1.29, 1.82) is 0 Å². The monoisotopic (exact) mass is 292 g/mol. The van der Waals surface area contributed by atoms with Gasteiger partial charge in [-0.1, -0.05) is 0 Å². The quantitative estimate of drug-likeness (QED) is 0.813. The molecule has 0 spiro atoms. The molecule has 0 bridgehead atoms. The summed E-state index contributed by atoms with van der Waals surface area (Å²) in [5.41, 5.74) is 1.23. The number of carbonyl (C=O) groups is 1. The first kappa shape index (κ1) is 14.5. The molecule has 3 rings (SSSR count). The smallest absolute Gasteiger partial charge is 0.251 e. The van der Waals surface area contributed by atoms with E-state index in [0.29, 0.717) is 5.92 Å². The van der Waals surface area contributed by atoms with E-state index in [4.69, 9.17) is 4.74 Å². The Morgan fingerprint density at radius 3 is 3.00 bits per heavy atom. The summed E-state index contributed by atoms with van der Waals surface area (Å²) in [6, 6.07) is 0. The zero-order chi connectivity index (χ0) is 15.0. The average Bonchev–Trinajstić information content (AvgIpc) is 3.03. The molecule has 2 fully saturated rings. The van der Waals surface area contributed by atoms with Crippen LogP contribution in [0.2, 0.25) is 0 Å². The van der Waals surface area contributed by atoms with Gasteiger partial charge in [0.15, 0.2) is 0 Å². The van der Waals surface area contributed by atoms with Crippen LogP contribution in [0.15, 0.2) is 12.4 Å². The highest BCUT2D eigenvalue weighted by molar-refractivity contribution is 5.80. The summed E-state index contributed by atoms with van der Waals surface area (Å²) in [4.78, 5) is 16.1. The SMILES string of the molecule is CN(C)C(=O)[C@@H]1C[C@@H]2CCN(Cc3cnn(C)c3)C[C@@H]2O1. The number of likely N-dealkylation sites (N-methyl/N-ethyl adjacent to an activating group) is 1. The fraction of sp³-hybridized carbons (Fsp3) is 0.733. The number of hydrogen-bond donors (Lipinski definition) is 0. The van der Waals surface area contributed by atoms with Gasteiger partial charge in [-0.15, -0.1) is 0 Å². The molecule has 0 radical (unpaired) electrons. The molecule has 1 aromatic heterocycles. The maximum atomic E-state index is 12.0. The van der Waals surface area contributed by atoms with Crippen molar-refractivity contribution in [3.63, 3.8) is 0 Å². The Morgan fingerprint density at radius 1 is 1.52 bits per heavy atom. The van der Waals surface area contributed by atoms with Crippen LogP contribution in [0.4, 0.5) is 0 Å². The van der Waals surface area contributed by atoms with Crippen molar-refractivity contribution in [2.45, 2.75) is 31.6 Å². The third kappa shape index (κ3) is 3.11. The van der Waals surface area contributed by atoms with Crippen molar-refractivity contribution in [1.82, 2.24) is 19.6 Å². The van der Waals surface area contributed by atoms with Crippen molar-refractivity contribution in [2.75, 3.05) is 27.2 Å². The van der Waals surface area contributed by atoms with Crippen LogP contribution in [0, 0.1) is 5.92 Å². The molecule has 3 atom stereocenters. The molecule has 1 aromatic rings. The minimum Gasteiger partial charge on any atom is -0.364 e. The van der Waals surface area contributed by atoms with Crippen molar-refractivity contribution >= 4 is 5.91 Å². The summed E-state index contributed by atoms with van der Waals surface area (Å²) in [7, 11) is 5.53. The molecule has 21 heavy (non-hydrogen) atoms. The standard InChI is InChI=1S/C15H24N4O2/c1-17(2)15(20)13-6-12-4-5-19(10-14(12)21-13)9-11-7-16-18(3)8-11/h7-8,12-14H,4-6,9-10H2,1-3H3/t12-,13-,14-/m0/s1. The maximum absolute atomic E-state index is 12.0. The van der Waals surface area contributed by atoms with Gasteiger partial charge in [0, 0.05) is 46.0 Å². The number of hydrogen-bond acceptors (Lipinski definition) is 4. The highest BCUT2D eigenvalue weighted by Crippen LogP contribution is 2.34. The zero-order valence-corrected chi connectivity index (χ0v) is 13.0. The summed E-state index contributed by atoms with van der Waals surface area (Å²) in [5, 5.41) is 4.21. The first-order valence-electron chi connectivity index (χ1n) is 7.59. The lowest BCUT2D eigenvalue weighted by molar-refractivity contribution is -0.141. The Hall–Kier alpha value is -1.40. The van der Waals surface area contributed by atoms with Gasteiger partial charge in [-0.3, -0.25) is 14.4 Å². The number of fused-ring (bicyclic) bond motifs is 1. The van der Waals surface area contributed by atoms with Gasteiger partial charge in [0.05, 0.1) is 12.3 Å². The molecule has 2 aliphatic rings. The molecule has 2 saturated heterocycles. The minimum atomic E-state index is -0.242. The highest BCUT2D eigenvalue weighted by Gasteiger charge is 2.42. The van der Waals surface area contributed by atoms with Gasteiger partial charge in [-0.25, -0.2) is 0 Å². The lowest BCUT2D eigenvalue weighted by atomic mass is 9.91. The van der Waals surface area contributed by atoms with Gasteiger partial charge in [0.25, 0.3) is 5.91 Å². The molecule has 0 aromatic carbocycles. The number of aryl methyl sites for hydroxylation is 1. The number of nitrogens with zero attached hydrogens (tertiary/aromatic N) is 4. The van der Waals surface area contributed by atoms with Crippen LogP contribution >= 0.6 is 0 Å². The Kier molecular flexibility index (Phi) is 3.99. The fourth-order valence-electron chi connectivity index (χ4n) is 3.40. The van der Waals surface area contributed by atoms with Gasteiger partial charge in [-0.05, 0) is 25.3 Å². The molecule has 0 N–H and O–H groups in total. The van der Waals surface area contributed by atoms with Crippen LogP contribution in [0.3, 0.4) is 0 Å². The zero-order valence-electron chi connectivity index (χ0n) is 13.0. The number of amides is 1. The second-order valence-electron chi connectivity index (χ2n) is 6.44. The van der Waals surface area contributed by atoms with Crippen LogP contribution in [-0.2, 0) is 23.1 Å². The van der Waals surface area contributed by atoms with Gasteiger partial charge >= 0.3 is 0 Å². The Labute approximate surface area is 125 Å². The van der Waals surface area contributed by atoms with E-state index in [9.17, 15) is 4.79 Å². The van der Waals surface area contributed by atoms with Crippen LogP contribution in [0.5, 0.6) is 0 Å². The van der Waals surface area contributed by atoms with Crippen molar-refractivity contribution < 1.29 is 9.53 Å². The molecule has 0 aliphatic carbocycles. The molecule has 3 heterocycles. The number of aromatic nitrogens is 2. The van der Waals surface area contributed by atoms with Gasteiger partial charge < -0.3 is 9.64 Å². The van der Waals surface area contributed by atoms with Crippen LogP contribution in [0.25, 0.3) is 0 Å². The van der Waals surface area contributed by atoms with Gasteiger partial charge in [0.2, 0.25) is 0 Å². The average molecular weight is 292 g/mol. The largest absolute Gasteiger partial charge is 0.364 e. The third-order valence-corrected chi connectivity index (χ3v) is 4.52. The topological polar surface area (TPSA) is 50.6 Å². The molecule has 1 amide bonds. The van der Waals surface area contributed by atoms with Crippen LogP contribution in [0.1, 0.15) is 18.4 Å². The molecule has 0 saturated carbocycles. The molecular weight excluding hydrogens is 268 g/mol. The lowest BCUT2D eigenvalue weighted by Gasteiger charge is -2.33.